The zero-order valence-corrected chi connectivity index (χ0v) is 9.96. The molecule has 0 aliphatic rings. The van der Waals surface area contributed by atoms with Crippen LogP contribution in [-0.4, -0.2) is 26.4 Å². The van der Waals surface area contributed by atoms with Crippen LogP contribution in [0.25, 0.3) is 0 Å². The Morgan fingerprint density at radius 3 is 2.80 bits per heavy atom. The molecule has 3 nitrogen and oxygen atoms in total. The van der Waals surface area contributed by atoms with Crippen LogP contribution in [0.4, 0.5) is 4.39 Å². The molecule has 15 heavy (non-hydrogen) atoms. The first-order valence-electron chi connectivity index (χ1n) is 4.48. The van der Waals surface area contributed by atoms with Gasteiger partial charge in [-0.2, -0.15) is 0 Å². The van der Waals surface area contributed by atoms with Crippen LogP contribution in [0.5, 0.6) is 5.75 Å². The quantitative estimate of drug-likeness (QED) is 0.895. The van der Waals surface area contributed by atoms with Gasteiger partial charge in [-0.1, -0.05) is 0 Å². The van der Waals surface area contributed by atoms with Gasteiger partial charge < -0.3 is 15.2 Å². The Bertz CT molecular complexity index is 322. The number of hydrogen-bond donors (Lipinski definition) is 1. The lowest BCUT2D eigenvalue weighted by Crippen LogP contribution is -2.31. The summed E-state index contributed by atoms with van der Waals surface area (Å²) in [5.41, 5.74) is 5.47. The minimum absolute atomic E-state index is 0.254. The molecule has 0 aromatic heterocycles. The fourth-order valence-corrected chi connectivity index (χ4v) is 1.33. The number of rotatable bonds is 5. The smallest absolute Gasteiger partial charge is 0.141 e. The Hall–Kier alpha value is -0.650. The first kappa shape index (κ1) is 12.4. The molecule has 0 bridgehead atoms. The molecule has 1 rings (SSSR count). The van der Waals surface area contributed by atoms with Gasteiger partial charge in [-0.3, -0.25) is 0 Å². The molecule has 0 saturated heterocycles. The molecule has 1 aromatic rings. The summed E-state index contributed by atoms with van der Waals surface area (Å²) in [6.07, 6.45) is -0.254. The second kappa shape index (κ2) is 6.05. The Morgan fingerprint density at radius 2 is 2.27 bits per heavy atom. The Labute approximate surface area is 96.5 Å². The van der Waals surface area contributed by atoms with E-state index in [1.165, 1.54) is 6.07 Å². The summed E-state index contributed by atoms with van der Waals surface area (Å²) < 4.78 is 23.9. The average Bonchev–Trinajstić information content (AvgIpc) is 2.23. The van der Waals surface area contributed by atoms with Crippen molar-refractivity contribution in [1.29, 1.82) is 0 Å². The minimum Gasteiger partial charge on any atom is -0.487 e. The zero-order valence-electron chi connectivity index (χ0n) is 8.37. The van der Waals surface area contributed by atoms with Crippen LogP contribution in [0.2, 0.25) is 0 Å². The first-order chi connectivity index (χ1) is 7.17. The van der Waals surface area contributed by atoms with E-state index in [2.05, 4.69) is 15.9 Å². The molecule has 1 atom stereocenters. The topological polar surface area (TPSA) is 44.5 Å². The summed E-state index contributed by atoms with van der Waals surface area (Å²) in [6.45, 7) is 0.708. The van der Waals surface area contributed by atoms with Crippen LogP contribution in [0.1, 0.15) is 0 Å². The fourth-order valence-electron chi connectivity index (χ4n) is 1.08. The highest BCUT2D eigenvalue weighted by atomic mass is 79.9. The Kier molecular flexibility index (Phi) is 5.01. The van der Waals surface area contributed by atoms with Gasteiger partial charge in [-0.15, -0.1) is 0 Å². The van der Waals surface area contributed by atoms with E-state index >= 15 is 0 Å². The maximum absolute atomic E-state index is 13.1. The molecule has 0 aliphatic heterocycles. The number of ether oxygens (including phenoxy) is 2. The lowest BCUT2D eigenvalue weighted by atomic mass is 10.3. The molecule has 0 spiro atoms. The van der Waals surface area contributed by atoms with Gasteiger partial charge in [-0.05, 0) is 28.1 Å². The maximum Gasteiger partial charge on any atom is 0.141 e. The van der Waals surface area contributed by atoms with Gasteiger partial charge in [0, 0.05) is 19.7 Å². The number of methoxy groups -OCH3 is 1. The lowest BCUT2D eigenvalue weighted by Gasteiger charge is -2.16. The van der Waals surface area contributed by atoms with Crippen LogP contribution in [-0.2, 0) is 4.74 Å². The standard InChI is InChI=1S/C10H13BrFNO2/c1-14-6-8(5-13)15-7-2-3-9(11)10(12)4-7/h2-4,8H,5-6,13H2,1H3. The maximum atomic E-state index is 13.1. The molecule has 0 heterocycles. The molecule has 1 aromatic carbocycles. The molecule has 84 valence electrons. The second-order valence-electron chi connectivity index (χ2n) is 3.01. The molecular formula is C10H13BrFNO2. The van der Waals surface area contributed by atoms with Gasteiger partial charge in [0.1, 0.15) is 17.7 Å². The van der Waals surface area contributed by atoms with Crippen molar-refractivity contribution in [2.24, 2.45) is 5.73 Å². The summed E-state index contributed by atoms with van der Waals surface area (Å²) in [6, 6.07) is 4.57. The van der Waals surface area contributed by atoms with Gasteiger partial charge in [-0.25, -0.2) is 4.39 Å². The predicted octanol–water partition coefficient (Wildman–Crippen LogP) is 1.94. The van der Waals surface area contributed by atoms with Crippen molar-refractivity contribution in [2.45, 2.75) is 6.10 Å². The third-order valence-electron chi connectivity index (χ3n) is 1.81. The van der Waals surface area contributed by atoms with Gasteiger partial charge >= 0.3 is 0 Å². The van der Waals surface area contributed by atoms with Crippen molar-refractivity contribution in [1.82, 2.24) is 0 Å². The highest BCUT2D eigenvalue weighted by Crippen LogP contribution is 2.21. The predicted molar refractivity (Wildman–Crippen MR) is 59.4 cm³/mol. The molecule has 1 unspecified atom stereocenters. The third-order valence-corrected chi connectivity index (χ3v) is 2.45. The van der Waals surface area contributed by atoms with Crippen LogP contribution in [0, 0.1) is 5.82 Å². The normalized spacial score (nSPS) is 12.5. The summed E-state index contributed by atoms with van der Waals surface area (Å²) in [4.78, 5) is 0. The van der Waals surface area contributed by atoms with E-state index in [0.29, 0.717) is 23.4 Å². The fraction of sp³-hybridized carbons (Fsp3) is 0.400. The van der Waals surface area contributed by atoms with Crippen molar-refractivity contribution in [3.8, 4) is 5.75 Å². The van der Waals surface area contributed by atoms with Crippen LogP contribution >= 0.6 is 15.9 Å². The highest BCUT2D eigenvalue weighted by Gasteiger charge is 2.09. The van der Waals surface area contributed by atoms with Crippen molar-refractivity contribution in [3.05, 3.63) is 28.5 Å². The van der Waals surface area contributed by atoms with Crippen LogP contribution < -0.4 is 10.5 Å². The number of nitrogens with two attached hydrogens (primary N) is 1. The van der Waals surface area contributed by atoms with Gasteiger partial charge in [0.2, 0.25) is 0 Å². The van der Waals surface area contributed by atoms with E-state index in [1.807, 2.05) is 0 Å². The number of halogens is 2. The molecule has 0 fully saturated rings. The SMILES string of the molecule is COCC(CN)Oc1ccc(Br)c(F)c1. The average molecular weight is 278 g/mol. The van der Waals surface area contributed by atoms with Crippen LogP contribution in [0.15, 0.2) is 22.7 Å². The van der Waals surface area contributed by atoms with E-state index in [9.17, 15) is 4.39 Å². The van der Waals surface area contributed by atoms with E-state index in [-0.39, 0.29) is 11.9 Å². The van der Waals surface area contributed by atoms with Gasteiger partial charge in [0.25, 0.3) is 0 Å². The van der Waals surface area contributed by atoms with E-state index in [4.69, 9.17) is 15.2 Å². The van der Waals surface area contributed by atoms with E-state index in [0.717, 1.165) is 0 Å². The van der Waals surface area contributed by atoms with E-state index < -0.39 is 0 Å². The summed E-state index contributed by atoms with van der Waals surface area (Å²) in [5, 5.41) is 0. The second-order valence-corrected chi connectivity index (χ2v) is 3.86. The third kappa shape index (κ3) is 3.77. The molecule has 2 N–H and O–H groups in total. The van der Waals surface area contributed by atoms with Crippen LogP contribution in [0.3, 0.4) is 0 Å². The number of benzene rings is 1. The van der Waals surface area contributed by atoms with Gasteiger partial charge in [0.15, 0.2) is 0 Å². The Morgan fingerprint density at radius 1 is 1.53 bits per heavy atom. The molecule has 0 amide bonds. The van der Waals surface area contributed by atoms with Crippen molar-refractivity contribution < 1.29 is 13.9 Å². The molecule has 0 saturated carbocycles. The van der Waals surface area contributed by atoms with Crippen molar-refractivity contribution in [2.75, 3.05) is 20.3 Å². The number of hydrogen-bond acceptors (Lipinski definition) is 3. The molecule has 0 radical (unpaired) electrons. The van der Waals surface area contributed by atoms with Crippen molar-refractivity contribution in [3.63, 3.8) is 0 Å². The summed E-state index contributed by atoms with van der Waals surface area (Å²) >= 11 is 3.06. The highest BCUT2D eigenvalue weighted by molar-refractivity contribution is 9.10. The van der Waals surface area contributed by atoms with Crippen molar-refractivity contribution >= 4 is 15.9 Å². The minimum atomic E-state index is -0.360. The Balaban J connectivity index is 2.66. The summed E-state index contributed by atoms with van der Waals surface area (Å²) in [7, 11) is 1.56. The summed E-state index contributed by atoms with van der Waals surface area (Å²) in [5.74, 6) is 0.0869. The first-order valence-corrected chi connectivity index (χ1v) is 5.27. The molecule has 5 heteroatoms. The lowest BCUT2D eigenvalue weighted by molar-refractivity contribution is 0.0858. The molecule has 0 aliphatic carbocycles. The zero-order chi connectivity index (χ0) is 11.3. The molecular weight excluding hydrogens is 265 g/mol. The van der Waals surface area contributed by atoms with Gasteiger partial charge in [0.05, 0.1) is 11.1 Å². The van der Waals surface area contributed by atoms with E-state index in [1.54, 1.807) is 19.2 Å². The largest absolute Gasteiger partial charge is 0.487 e. The monoisotopic (exact) mass is 277 g/mol.